The second kappa shape index (κ2) is 14.4. The summed E-state index contributed by atoms with van der Waals surface area (Å²) in [6.45, 7) is 2.11. The van der Waals surface area contributed by atoms with Crippen LogP contribution in [0.3, 0.4) is 0 Å². The molecule has 1 aromatic carbocycles. The number of fused-ring (bicyclic) bond motifs is 2. The first kappa shape index (κ1) is 36.6. The molecule has 8 N–H and O–H groups in total. The van der Waals surface area contributed by atoms with E-state index in [0.29, 0.717) is 11.0 Å². The molecule has 0 bridgehead atoms. The molecule has 0 spiro atoms. The van der Waals surface area contributed by atoms with E-state index in [0.717, 1.165) is 11.1 Å². The van der Waals surface area contributed by atoms with E-state index in [4.69, 9.17) is 0 Å². The van der Waals surface area contributed by atoms with E-state index in [-0.39, 0.29) is 81.6 Å². The maximum absolute atomic E-state index is 12.2. The van der Waals surface area contributed by atoms with Crippen molar-refractivity contribution in [1.82, 2.24) is 19.5 Å². The molecule has 0 aliphatic carbocycles. The van der Waals surface area contributed by atoms with Gasteiger partial charge in [0, 0.05) is 0 Å². The van der Waals surface area contributed by atoms with Crippen molar-refractivity contribution < 1.29 is 104 Å². The Morgan fingerprint density at radius 3 is 2.20 bits per heavy atom. The molecule has 0 aromatic heterocycles. The predicted molar refractivity (Wildman–Crippen MR) is 109 cm³/mol. The first-order valence-electron chi connectivity index (χ1n) is 9.00. The summed E-state index contributed by atoms with van der Waals surface area (Å²) in [6, 6.07) is 3.38. The topological polar surface area (TPSA) is 277 Å². The van der Waals surface area contributed by atoms with E-state index in [1.165, 1.54) is 4.57 Å². The molecule has 0 amide bonds. The van der Waals surface area contributed by atoms with E-state index in [1.807, 2.05) is 18.8 Å². The molecular formula is C17H23N4Na2O11P. The van der Waals surface area contributed by atoms with Crippen molar-refractivity contribution in [3.63, 3.8) is 0 Å². The zero-order chi connectivity index (χ0) is 23.1. The third kappa shape index (κ3) is 8.74. The first-order chi connectivity index (χ1) is 14.4. The van der Waals surface area contributed by atoms with Crippen molar-refractivity contribution in [2.24, 2.45) is 0 Å². The van der Waals surface area contributed by atoms with Crippen LogP contribution in [0.15, 0.2) is 21.7 Å². The molecule has 0 saturated carbocycles. The van der Waals surface area contributed by atoms with Crippen LogP contribution in [0.5, 0.6) is 0 Å². The van der Waals surface area contributed by atoms with Crippen LogP contribution in [0.25, 0.3) is 22.6 Å². The Morgan fingerprint density at radius 1 is 1.06 bits per heavy atom. The van der Waals surface area contributed by atoms with Crippen LogP contribution in [0.4, 0.5) is 0 Å². The van der Waals surface area contributed by atoms with Gasteiger partial charge in [-0.3, -0.25) is 9.78 Å². The molecule has 15 nitrogen and oxygen atoms in total. The number of aliphatic hydroxyl groups is 3. The third-order valence-corrected chi connectivity index (χ3v) is 5.25. The maximum atomic E-state index is 12.2. The summed E-state index contributed by atoms with van der Waals surface area (Å²) in [5, 5.41) is 30.4. The van der Waals surface area contributed by atoms with Gasteiger partial charge in [-0.15, -0.1) is 0 Å². The Balaban J connectivity index is 0. The predicted octanol–water partition coefficient (Wildman–Crippen LogP) is -10.5. The SMILES string of the molecule is Cc1cc2nc3c(=O)[nH]c(=O)nc-3n(C[C@@H](O)[C@@H](O)[C@@H](O)COP(=O)([O-])[O-])c2cc1C.O.O.[Na+].[Na+]. The van der Waals surface area contributed by atoms with E-state index in [2.05, 4.69) is 14.5 Å². The fourth-order valence-corrected chi connectivity index (χ4v) is 3.39. The molecule has 1 aromatic rings. The molecule has 3 rings (SSSR count). The summed E-state index contributed by atoms with van der Waals surface area (Å²) in [7, 11) is -5.39. The third-order valence-electron chi connectivity index (χ3n) is 4.79. The summed E-state index contributed by atoms with van der Waals surface area (Å²) < 4.78 is 15.8. The number of aromatic nitrogens is 4. The number of aliphatic hydroxyl groups excluding tert-OH is 3. The van der Waals surface area contributed by atoms with Crippen LogP contribution in [0, 0.1) is 13.8 Å². The van der Waals surface area contributed by atoms with Crippen LogP contribution in [-0.4, -0.2) is 70.7 Å². The van der Waals surface area contributed by atoms with Gasteiger partial charge in [-0.05, 0) is 37.1 Å². The Kier molecular flexibility index (Phi) is 15.0. The van der Waals surface area contributed by atoms with Crippen LogP contribution in [0.2, 0.25) is 0 Å². The molecule has 2 heterocycles. The number of aryl methyl sites for hydroxylation is 2. The van der Waals surface area contributed by atoms with Crippen molar-refractivity contribution in [3.05, 3.63) is 44.1 Å². The molecule has 2 aliphatic heterocycles. The van der Waals surface area contributed by atoms with Crippen molar-refractivity contribution in [3.8, 4) is 11.5 Å². The van der Waals surface area contributed by atoms with Gasteiger partial charge in [0.1, 0.15) is 18.3 Å². The second-order valence-corrected chi connectivity index (χ2v) is 8.21. The number of rotatable bonds is 7. The minimum absolute atomic E-state index is 0. The summed E-state index contributed by atoms with van der Waals surface area (Å²) in [4.78, 5) is 55.1. The number of H-pyrrole nitrogens is 1. The fraction of sp³-hybridized carbons (Fsp3) is 0.412. The van der Waals surface area contributed by atoms with Gasteiger partial charge in [-0.2, -0.15) is 4.98 Å². The summed E-state index contributed by atoms with van der Waals surface area (Å²) in [5.41, 5.74) is 0.512. The molecule has 0 fully saturated rings. The number of phosphoric acid groups is 1. The molecule has 184 valence electrons. The van der Waals surface area contributed by atoms with Crippen molar-refractivity contribution in [2.45, 2.75) is 38.7 Å². The monoisotopic (exact) mass is 536 g/mol. The Hall–Kier alpha value is -0.590. The summed E-state index contributed by atoms with van der Waals surface area (Å²) in [5.74, 6) is -0.162. The maximum Gasteiger partial charge on any atom is 1.00 e. The number of hydrogen-bond donors (Lipinski definition) is 4. The van der Waals surface area contributed by atoms with Gasteiger partial charge in [0.2, 0.25) is 0 Å². The minimum atomic E-state index is -5.39. The van der Waals surface area contributed by atoms with Crippen LogP contribution >= 0.6 is 7.82 Å². The number of nitrogens with one attached hydrogen (secondary N) is 1. The molecule has 3 atom stereocenters. The molecule has 0 saturated heterocycles. The van der Waals surface area contributed by atoms with Gasteiger partial charge < -0.3 is 49.7 Å². The summed E-state index contributed by atoms with van der Waals surface area (Å²) in [6.07, 6.45) is -5.58. The fourth-order valence-electron chi connectivity index (χ4n) is 3.05. The average Bonchev–Trinajstić information content (AvgIpc) is 2.67. The van der Waals surface area contributed by atoms with Gasteiger partial charge in [0.25, 0.3) is 5.56 Å². The van der Waals surface area contributed by atoms with E-state index in [9.17, 15) is 39.3 Å². The van der Waals surface area contributed by atoms with Gasteiger partial charge in [0.15, 0.2) is 11.5 Å². The van der Waals surface area contributed by atoms with Crippen LogP contribution in [0.1, 0.15) is 11.1 Å². The molecule has 2 aliphatic rings. The Labute approximate surface area is 242 Å². The summed E-state index contributed by atoms with van der Waals surface area (Å²) >= 11 is 0. The number of benzene rings is 1. The molecule has 0 radical (unpaired) electrons. The van der Waals surface area contributed by atoms with E-state index in [1.54, 1.807) is 12.1 Å². The van der Waals surface area contributed by atoms with Crippen LogP contribution < -0.4 is 80.2 Å². The molecule has 18 heteroatoms. The standard InChI is InChI=1S/C17H21N4O9P.2Na.2H2O/c1-7-3-9-10(4-8(7)2)21(15-13(18-9)16(25)20-17(26)19-15)5-11(22)14(24)12(23)6-30-31(27,28)29;;;;/h3-4,11-12,14,22-24H,5-6H2,1-2H3,(H,20,25,26)(H2,27,28,29);;;2*1H2/q;2*+1;;/p-2/t11-,12+,14-;;;;/m1..../s1. The number of nitrogens with zero attached hydrogens (tertiary/aromatic N) is 3. The quantitative estimate of drug-likeness (QED) is 0.125. The molecule has 0 unspecified atom stereocenters. The van der Waals surface area contributed by atoms with Gasteiger partial charge in [0.05, 0.1) is 32.0 Å². The Morgan fingerprint density at radius 2 is 1.63 bits per heavy atom. The average molecular weight is 536 g/mol. The first-order valence-corrected chi connectivity index (χ1v) is 10.5. The number of phosphoric ester groups is 1. The minimum Gasteiger partial charge on any atom is -0.790 e. The van der Waals surface area contributed by atoms with Gasteiger partial charge >= 0.3 is 64.8 Å². The van der Waals surface area contributed by atoms with Crippen molar-refractivity contribution >= 4 is 18.9 Å². The van der Waals surface area contributed by atoms with Gasteiger partial charge in [-0.25, -0.2) is 9.78 Å². The largest absolute Gasteiger partial charge is 1.00 e. The number of hydrogen-bond acceptors (Lipinski definition) is 11. The zero-order valence-electron chi connectivity index (χ0n) is 19.4. The van der Waals surface area contributed by atoms with Crippen molar-refractivity contribution in [1.29, 1.82) is 0 Å². The van der Waals surface area contributed by atoms with E-state index < -0.39 is 50.5 Å². The van der Waals surface area contributed by atoms with Crippen molar-refractivity contribution in [2.75, 3.05) is 6.61 Å². The molecular weight excluding hydrogens is 513 g/mol. The Bertz CT molecular complexity index is 1270. The van der Waals surface area contributed by atoms with E-state index >= 15 is 0 Å². The smallest absolute Gasteiger partial charge is 0.790 e. The van der Waals surface area contributed by atoms with Crippen LogP contribution in [-0.2, 0) is 15.6 Å². The molecule has 35 heavy (non-hydrogen) atoms. The van der Waals surface area contributed by atoms with Gasteiger partial charge in [-0.1, -0.05) is 0 Å². The number of aromatic amines is 1. The normalized spacial score (nSPS) is 13.6. The second-order valence-electron chi connectivity index (χ2n) is 7.06. The zero-order valence-corrected chi connectivity index (χ0v) is 24.3.